The molecule has 0 spiro atoms. The lowest BCUT2D eigenvalue weighted by Crippen LogP contribution is -1.84. The van der Waals surface area contributed by atoms with Crippen LogP contribution >= 0.6 is 0 Å². The van der Waals surface area contributed by atoms with Crippen LogP contribution < -0.4 is 0 Å². The summed E-state index contributed by atoms with van der Waals surface area (Å²) in [6, 6.07) is 11.7. The number of aromatic nitrogens is 8. The maximum atomic E-state index is 4.68. The summed E-state index contributed by atoms with van der Waals surface area (Å²) in [4.78, 5) is 33.0. The molecule has 0 bridgehead atoms. The van der Waals surface area contributed by atoms with E-state index in [4.69, 9.17) is 0 Å². The van der Waals surface area contributed by atoms with Crippen molar-refractivity contribution in [3.63, 3.8) is 0 Å². The van der Waals surface area contributed by atoms with E-state index in [2.05, 4.69) is 39.9 Å². The van der Waals surface area contributed by atoms with Gasteiger partial charge in [0.1, 0.15) is 17.2 Å². The number of imidazole rings is 2. The Morgan fingerprint density at radius 3 is 1.97 bits per heavy atom. The largest absolute Gasteiger partial charge is 0.337 e. The fraction of sp³-hybridized carbons (Fsp3) is 0. The van der Waals surface area contributed by atoms with Gasteiger partial charge in [-0.25, -0.2) is 19.9 Å². The Balaban J connectivity index is 1.40. The van der Waals surface area contributed by atoms with E-state index >= 15 is 0 Å². The lowest BCUT2D eigenvalue weighted by Gasteiger charge is -2.00. The molecule has 0 unspecified atom stereocenters. The van der Waals surface area contributed by atoms with E-state index in [0.717, 1.165) is 50.6 Å². The molecule has 8 nitrogen and oxygen atoms in total. The Hall–Kier alpha value is -4.46. The molecular weight excluding hydrogens is 376 g/mol. The minimum absolute atomic E-state index is 0.666. The molecule has 0 fully saturated rings. The zero-order valence-electron chi connectivity index (χ0n) is 15.6. The van der Waals surface area contributed by atoms with Crippen molar-refractivity contribution in [2.24, 2.45) is 0 Å². The van der Waals surface area contributed by atoms with Crippen molar-refractivity contribution < 1.29 is 0 Å². The average molecular weight is 390 g/mol. The Labute approximate surface area is 170 Å². The van der Waals surface area contributed by atoms with Gasteiger partial charge < -0.3 is 9.97 Å². The monoisotopic (exact) mass is 390 g/mol. The SMILES string of the molecule is c1cc(-c2nc3ncc(-c4cnc5[nH]c(-c6ccncc6)nc5c4)cc3[nH]2)ccn1. The predicted octanol–water partition coefficient (Wildman–Crippen LogP) is 4.02. The first-order chi connectivity index (χ1) is 14.8. The van der Waals surface area contributed by atoms with Crippen LogP contribution in [0.3, 0.4) is 0 Å². The molecule has 0 aromatic carbocycles. The summed E-state index contributed by atoms with van der Waals surface area (Å²) in [6.45, 7) is 0. The van der Waals surface area contributed by atoms with Crippen molar-refractivity contribution in [2.45, 2.75) is 0 Å². The minimum atomic E-state index is 0.666. The van der Waals surface area contributed by atoms with Crippen LogP contribution in [0.15, 0.2) is 73.6 Å². The van der Waals surface area contributed by atoms with E-state index in [9.17, 15) is 0 Å². The Morgan fingerprint density at radius 2 is 1.23 bits per heavy atom. The fourth-order valence-electron chi connectivity index (χ4n) is 3.40. The number of rotatable bonds is 3. The fourth-order valence-corrected chi connectivity index (χ4v) is 3.40. The second-order valence-electron chi connectivity index (χ2n) is 6.83. The van der Waals surface area contributed by atoms with Gasteiger partial charge in [0.25, 0.3) is 0 Å². The van der Waals surface area contributed by atoms with Gasteiger partial charge in [-0.1, -0.05) is 0 Å². The standard InChI is InChI=1S/C22H14N8/c1-5-23-6-2-13(1)19-27-17-9-15(11-25-21(17)29-19)16-10-18-22(26-12-16)30-20(28-18)14-3-7-24-8-4-14/h1-12H,(H,25,27,29)(H,26,28,30). The highest BCUT2D eigenvalue weighted by molar-refractivity contribution is 5.84. The first-order valence-corrected chi connectivity index (χ1v) is 9.36. The third kappa shape index (κ3) is 2.78. The molecular formula is C22H14N8. The number of nitrogens with one attached hydrogen (secondary N) is 2. The van der Waals surface area contributed by atoms with E-state index in [1.54, 1.807) is 31.0 Å². The highest BCUT2D eigenvalue weighted by atomic mass is 15.0. The molecule has 6 aromatic rings. The molecule has 6 heterocycles. The predicted molar refractivity (Wildman–Crippen MR) is 113 cm³/mol. The van der Waals surface area contributed by atoms with E-state index in [1.807, 2.05) is 42.6 Å². The third-order valence-electron chi connectivity index (χ3n) is 4.91. The quantitative estimate of drug-likeness (QED) is 0.472. The van der Waals surface area contributed by atoms with Gasteiger partial charge >= 0.3 is 0 Å². The Bertz CT molecular complexity index is 1370. The lowest BCUT2D eigenvalue weighted by molar-refractivity contribution is 1.27. The first kappa shape index (κ1) is 16.5. The zero-order chi connectivity index (χ0) is 19.9. The van der Waals surface area contributed by atoms with Crippen LogP contribution in [0.25, 0.3) is 56.2 Å². The summed E-state index contributed by atoms with van der Waals surface area (Å²) in [5.41, 5.74) is 6.86. The van der Waals surface area contributed by atoms with Gasteiger partial charge in [0, 0.05) is 59.4 Å². The minimum Gasteiger partial charge on any atom is -0.337 e. The maximum absolute atomic E-state index is 4.68. The van der Waals surface area contributed by atoms with Crippen molar-refractivity contribution in [1.29, 1.82) is 0 Å². The topological polar surface area (TPSA) is 109 Å². The van der Waals surface area contributed by atoms with Crippen molar-refractivity contribution >= 4 is 22.3 Å². The molecule has 6 aromatic heterocycles. The molecule has 0 aliphatic heterocycles. The smallest absolute Gasteiger partial charge is 0.178 e. The van der Waals surface area contributed by atoms with E-state index in [0.29, 0.717) is 5.65 Å². The van der Waals surface area contributed by atoms with Crippen LogP contribution in [0.4, 0.5) is 0 Å². The molecule has 0 amide bonds. The van der Waals surface area contributed by atoms with Gasteiger partial charge in [-0.05, 0) is 36.4 Å². The molecule has 0 saturated carbocycles. The van der Waals surface area contributed by atoms with Crippen LogP contribution in [-0.2, 0) is 0 Å². The summed E-state index contributed by atoms with van der Waals surface area (Å²) in [6.07, 6.45) is 10.6. The highest BCUT2D eigenvalue weighted by Crippen LogP contribution is 2.26. The second kappa shape index (κ2) is 6.56. The van der Waals surface area contributed by atoms with Gasteiger partial charge in [0.05, 0.1) is 5.52 Å². The van der Waals surface area contributed by atoms with Crippen LogP contribution in [0, 0.1) is 0 Å². The lowest BCUT2D eigenvalue weighted by atomic mass is 10.1. The molecule has 142 valence electrons. The summed E-state index contributed by atoms with van der Waals surface area (Å²) in [5.74, 6) is 1.53. The summed E-state index contributed by atoms with van der Waals surface area (Å²) in [5, 5.41) is 0. The molecule has 0 radical (unpaired) electrons. The number of nitrogens with zero attached hydrogens (tertiary/aromatic N) is 6. The van der Waals surface area contributed by atoms with Gasteiger partial charge in [0.2, 0.25) is 0 Å². The highest BCUT2D eigenvalue weighted by Gasteiger charge is 2.11. The first-order valence-electron chi connectivity index (χ1n) is 9.36. The summed E-state index contributed by atoms with van der Waals surface area (Å²) in [7, 11) is 0. The average Bonchev–Trinajstić information content (AvgIpc) is 3.43. The summed E-state index contributed by atoms with van der Waals surface area (Å²) >= 11 is 0. The Morgan fingerprint density at radius 1 is 0.600 bits per heavy atom. The third-order valence-corrected chi connectivity index (χ3v) is 4.91. The zero-order valence-corrected chi connectivity index (χ0v) is 15.6. The summed E-state index contributed by atoms with van der Waals surface area (Å²) < 4.78 is 0. The van der Waals surface area contributed by atoms with E-state index in [-0.39, 0.29) is 0 Å². The normalized spacial score (nSPS) is 11.3. The number of aromatic amines is 2. The van der Waals surface area contributed by atoms with Gasteiger partial charge in [-0.15, -0.1) is 0 Å². The molecule has 0 atom stereocenters. The molecule has 6 rings (SSSR count). The van der Waals surface area contributed by atoms with Crippen molar-refractivity contribution in [2.75, 3.05) is 0 Å². The molecule has 2 N–H and O–H groups in total. The van der Waals surface area contributed by atoms with Crippen molar-refractivity contribution in [3.8, 4) is 33.9 Å². The molecule has 8 heteroatoms. The van der Waals surface area contributed by atoms with Crippen LogP contribution in [-0.4, -0.2) is 39.9 Å². The van der Waals surface area contributed by atoms with Crippen molar-refractivity contribution in [1.82, 2.24) is 39.9 Å². The Kier molecular flexibility index (Phi) is 3.60. The van der Waals surface area contributed by atoms with Crippen molar-refractivity contribution in [3.05, 3.63) is 73.6 Å². The van der Waals surface area contributed by atoms with E-state index < -0.39 is 0 Å². The van der Waals surface area contributed by atoms with Gasteiger partial charge in [-0.2, -0.15) is 0 Å². The maximum Gasteiger partial charge on any atom is 0.178 e. The molecule has 30 heavy (non-hydrogen) atoms. The van der Waals surface area contributed by atoms with E-state index in [1.165, 1.54) is 0 Å². The number of H-pyrrole nitrogens is 2. The second-order valence-corrected chi connectivity index (χ2v) is 6.83. The van der Waals surface area contributed by atoms with Crippen LogP contribution in [0.2, 0.25) is 0 Å². The van der Waals surface area contributed by atoms with Gasteiger partial charge in [0.15, 0.2) is 11.3 Å². The number of pyridine rings is 4. The van der Waals surface area contributed by atoms with Crippen LogP contribution in [0.5, 0.6) is 0 Å². The van der Waals surface area contributed by atoms with Crippen LogP contribution in [0.1, 0.15) is 0 Å². The number of hydrogen-bond acceptors (Lipinski definition) is 6. The molecule has 0 aliphatic carbocycles. The molecule has 0 saturated heterocycles. The number of fused-ring (bicyclic) bond motifs is 2. The molecule has 0 aliphatic rings. The number of hydrogen-bond donors (Lipinski definition) is 2. The van der Waals surface area contributed by atoms with Gasteiger partial charge in [-0.3, -0.25) is 9.97 Å².